The summed E-state index contributed by atoms with van der Waals surface area (Å²) in [5, 5.41) is 8.47. The molecule has 0 aromatic carbocycles. The molecule has 1 heterocycles. The summed E-state index contributed by atoms with van der Waals surface area (Å²) in [5.74, 6) is 0. The molecule has 0 saturated carbocycles. The van der Waals surface area contributed by atoms with Crippen LogP contribution in [0.25, 0.3) is 0 Å². The van der Waals surface area contributed by atoms with Gasteiger partial charge in [-0.3, -0.25) is 4.98 Å². The number of nitrogens with two attached hydrogens (primary N) is 1. The fourth-order valence-corrected chi connectivity index (χ4v) is 1.24. The van der Waals surface area contributed by atoms with Gasteiger partial charge in [-0.15, -0.1) is 0 Å². The number of rotatable bonds is 4. The number of hydrogen-bond donors (Lipinski definition) is 1. The van der Waals surface area contributed by atoms with E-state index in [4.69, 9.17) is 11.0 Å². The summed E-state index contributed by atoms with van der Waals surface area (Å²) in [4.78, 5) is 6.26. The summed E-state index contributed by atoms with van der Waals surface area (Å²) >= 11 is 0. The molecule has 0 aliphatic heterocycles. The summed E-state index contributed by atoms with van der Waals surface area (Å²) in [6.07, 6.45) is 2.31. The first-order valence-corrected chi connectivity index (χ1v) is 4.94. The number of nitriles is 1. The fourth-order valence-electron chi connectivity index (χ4n) is 1.24. The number of aromatic nitrogens is 1. The van der Waals surface area contributed by atoms with Crippen LogP contribution in [0.5, 0.6) is 0 Å². The first-order chi connectivity index (χ1) is 7.15. The molecule has 0 bridgehead atoms. The van der Waals surface area contributed by atoms with Crippen molar-refractivity contribution in [3.63, 3.8) is 0 Å². The van der Waals surface area contributed by atoms with Gasteiger partial charge in [0.25, 0.3) is 0 Å². The quantitative estimate of drug-likeness (QED) is 0.806. The van der Waals surface area contributed by atoms with Gasteiger partial charge in [0.1, 0.15) is 0 Å². The van der Waals surface area contributed by atoms with E-state index in [9.17, 15) is 0 Å². The second-order valence-corrected chi connectivity index (χ2v) is 3.56. The Bertz CT molecular complexity index is 337. The molecule has 4 nitrogen and oxygen atoms in total. The highest BCUT2D eigenvalue weighted by Crippen LogP contribution is 2.14. The predicted molar refractivity (Wildman–Crippen MR) is 60.3 cm³/mol. The Morgan fingerprint density at radius 3 is 2.80 bits per heavy atom. The lowest BCUT2D eigenvalue weighted by atomic mass is 10.2. The van der Waals surface area contributed by atoms with Crippen LogP contribution in [0, 0.1) is 11.3 Å². The summed E-state index contributed by atoms with van der Waals surface area (Å²) in [6.45, 7) is 2.62. The van der Waals surface area contributed by atoms with Crippen molar-refractivity contribution in [3.8, 4) is 6.07 Å². The molecule has 80 valence electrons. The molecule has 15 heavy (non-hydrogen) atoms. The van der Waals surface area contributed by atoms with Crippen LogP contribution >= 0.6 is 0 Å². The molecule has 0 fully saturated rings. The van der Waals surface area contributed by atoms with Gasteiger partial charge >= 0.3 is 0 Å². The van der Waals surface area contributed by atoms with Crippen molar-refractivity contribution in [2.24, 2.45) is 5.73 Å². The van der Waals surface area contributed by atoms with E-state index in [2.05, 4.69) is 11.1 Å². The minimum Gasteiger partial charge on any atom is -0.372 e. The fraction of sp³-hybridized carbons (Fsp3) is 0.455. The van der Waals surface area contributed by atoms with E-state index >= 15 is 0 Å². The van der Waals surface area contributed by atoms with Gasteiger partial charge in [-0.05, 0) is 19.1 Å². The van der Waals surface area contributed by atoms with Crippen LogP contribution in [0.2, 0.25) is 0 Å². The van der Waals surface area contributed by atoms with Crippen molar-refractivity contribution >= 4 is 5.69 Å². The first-order valence-electron chi connectivity index (χ1n) is 4.94. The topological polar surface area (TPSA) is 65.9 Å². The highest BCUT2D eigenvalue weighted by atomic mass is 15.1. The maximum atomic E-state index is 8.47. The average Bonchev–Trinajstić information content (AvgIpc) is 2.26. The number of hydrogen-bond acceptors (Lipinski definition) is 4. The molecular formula is C11H16N4. The van der Waals surface area contributed by atoms with E-state index < -0.39 is 0 Å². The molecule has 1 atom stereocenters. The second kappa shape index (κ2) is 5.32. The molecule has 2 N–H and O–H groups in total. The Hall–Kier alpha value is -1.60. The third-order valence-corrected chi connectivity index (χ3v) is 2.24. The van der Waals surface area contributed by atoms with Gasteiger partial charge in [0.15, 0.2) is 0 Å². The van der Waals surface area contributed by atoms with Gasteiger partial charge in [0, 0.05) is 19.6 Å². The Morgan fingerprint density at radius 1 is 1.60 bits per heavy atom. The lowest BCUT2D eigenvalue weighted by Crippen LogP contribution is -2.18. The van der Waals surface area contributed by atoms with Gasteiger partial charge in [0.05, 0.1) is 30.1 Å². The third-order valence-electron chi connectivity index (χ3n) is 2.24. The molecule has 0 spiro atoms. The van der Waals surface area contributed by atoms with Gasteiger partial charge in [-0.2, -0.15) is 5.26 Å². The van der Waals surface area contributed by atoms with E-state index in [0.717, 1.165) is 17.9 Å². The van der Waals surface area contributed by atoms with Crippen LogP contribution in [0.3, 0.4) is 0 Å². The van der Waals surface area contributed by atoms with Gasteiger partial charge in [0.2, 0.25) is 0 Å². The molecular weight excluding hydrogens is 188 g/mol. The average molecular weight is 204 g/mol. The summed E-state index contributed by atoms with van der Waals surface area (Å²) in [7, 11) is 1.94. The van der Waals surface area contributed by atoms with Crippen molar-refractivity contribution in [1.29, 1.82) is 5.26 Å². The Morgan fingerprint density at radius 2 is 2.33 bits per heavy atom. The van der Waals surface area contributed by atoms with Gasteiger partial charge in [-0.25, -0.2) is 0 Å². The highest BCUT2D eigenvalue weighted by molar-refractivity contribution is 5.43. The van der Waals surface area contributed by atoms with Crippen LogP contribution in [-0.2, 0) is 0 Å². The molecule has 0 amide bonds. The van der Waals surface area contributed by atoms with E-state index in [0.29, 0.717) is 6.42 Å². The van der Waals surface area contributed by atoms with E-state index in [-0.39, 0.29) is 6.04 Å². The van der Waals surface area contributed by atoms with Crippen molar-refractivity contribution < 1.29 is 0 Å². The lowest BCUT2D eigenvalue weighted by molar-refractivity contribution is 0.779. The van der Waals surface area contributed by atoms with Crippen LogP contribution < -0.4 is 10.6 Å². The monoisotopic (exact) mass is 204 g/mol. The smallest absolute Gasteiger partial charge is 0.0640 e. The minimum atomic E-state index is -0.0385. The summed E-state index contributed by atoms with van der Waals surface area (Å²) in [5.41, 5.74) is 7.59. The Labute approximate surface area is 90.3 Å². The van der Waals surface area contributed by atoms with Crippen LogP contribution in [0.4, 0.5) is 5.69 Å². The second-order valence-electron chi connectivity index (χ2n) is 3.56. The number of nitrogens with zero attached hydrogens (tertiary/aromatic N) is 3. The van der Waals surface area contributed by atoms with Crippen molar-refractivity contribution in [3.05, 3.63) is 24.0 Å². The van der Waals surface area contributed by atoms with Crippen LogP contribution in [0.1, 0.15) is 25.1 Å². The molecule has 0 aliphatic rings. The first kappa shape index (κ1) is 11.5. The summed E-state index contributed by atoms with van der Waals surface area (Å²) < 4.78 is 0. The maximum Gasteiger partial charge on any atom is 0.0640 e. The largest absolute Gasteiger partial charge is 0.372 e. The van der Waals surface area contributed by atoms with E-state index in [1.165, 1.54) is 0 Å². The molecule has 1 aromatic heterocycles. The van der Waals surface area contributed by atoms with Crippen molar-refractivity contribution in [1.82, 2.24) is 4.98 Å². The summed E-state index contributed by atoms with van der Waals surface area (Å²) in [6, 6.07) is 5.97. The molecule has 1 aromatic rings. The van der Waals surface area contributed by atoms with Crippen molar-refractivity contribution in [2.45, 2.75) is 19.4 Å². The maximum absolute atomic E-state index is 8.47. The zero-order chi connectivity index (χ0) is 11.3. The third kappa shape index (κ3) is 3.22. The molecule has 0 radical (unpaired) electrons. The molecule has 1 unspecified atom stereocenters. The minimum absolute atomic E-state index is 0.0385. The predicted octanol–water partition coefficient (Wildman–Crippen LogP) is 1.45. The molecule has 0 aliphatic carbocycles. The zero-order valence-electron chi connectivity index (χ0n) is 9.14. The molecule has 0 saturated heterocycles. The van der Waals surface area contributed by atoms with Crippen molar-refractivity contribution in [2.75, 3.05) is 18.5 Å². The Balaban J connectivity index is 2.67. The normalized spacial score (nSPS) is 11.9. The molecule has 4 heteroatoms. The molecule has 1 rings (SSSR count). The Kier molecular flexibility index (Phi) is 4.07. The van der Waals surface area contributed by atoms with E-state index in [1.807, 2.05) is 31.0 Å². The lowest BCUT2D eigenvalue weighted by Gasteiger charge is -2.17. The number of anilines is 1. The number of pyridine rings is 1. The highest BCUT2D eigenvalue weighted by Gasteiger charge is 2.03. The van der Waals surface area contributed by atoms with Crippen LogP contribution in [-0.4, -0.2) is 18.6 Å². The van der Waals surface area contributed by atoms with Crippen LogP contribution in [0.15, 0.2) is 18.3 Å². The van der Waals surface area contributed by atoms with Gasteiger partial charge < -0.3 is 10.6 Å². The van der Waals surface area contributed by atoms with Gasteiger partial charge in [-0.1, -0.05) is 0 Å². The standard InChI is InChI=1S/C11H16N4/c1-9(13)11-5-4-10(8-14-11)15(2)7-3-6-12/h4-5,8-9H,3,7,13H2,1-2H3. The zero-order valence-corrected chi connectivity index (χ0v) is 9.14. The van der Waals surface area contributed by atoms with E-state index in [1.54, 1.807) is 6.20 Å². The SMILES string of the molecule is CC(N)c1ccc(N(C)CCC#N)cn1.